The fraction of sp³-hybridized carbons (Fsp3) is 0.833. The lowest BCUT2D eigenvalue weighted by Gasteiger charge is -2.10. The number of hydrogen-bond donors (Lipinski definition) is 1. The van der Waals surface area contributed by atoms with Gasteiger partial charge < -0.3 is 9.88 Å². The molecule has 0 aliphatic heterocycles. The predicted octanol–water partition coefficient (Wildman–Crippen LogP) is 1.62. The van der Waals surface area contributed by atoms with Gasteiger partial charge in [0.2, 0.25) is 0 Å². The van der Waals surface area contributed by atoms with Crippen LogP contribution in [0.4, 0.5) is 0 Å². The van der Waals surface area contributed by atoms with Crippen molar-refractivity contribution in [3.8, 4) is 0 Å². The van der Waals surface area contributed by atoms with E-state index in [0.29, 0.717) is 0 Å². The summed E-state index contributed by atoms with van der Waals surface area (Å²) in [4.78, 5) is 0. The van der Waals surface area contributed by atoms with E-state index in [1.54, 1.807) is 0 Å². The molecule has 1 aromatic heterocycles. The molecule has 1 N–H and O–H groups in total. The van der Waals surface area contributed by atoms with Gasteiger partial charge in [-0.3, -0.25) is 0 Å². The number of hydrogen-bond acceptors (Lipinski definition) is 3. The quantitative estimate of drug-likeness (QED) is 0.744. The summed E-state index contributed by atoms with van der Waals surface area (Å²) in [5.74, 6) is 2.02. The molecular weight excluding hydrogens is 200 g/mol. The summed E-state index contributed by atoms with van der Waals surface area (Å²) in [6.07, 6.45) is 8.48. The van der Waals surface area contributed by atoms with Crippen LogP contribution in [0, 0.1) is 5.92 Å². The molecule has 1 aliphatic carbocycles. The van der Waals surface area contributed by atoms with Gasteiger partial charge in [0.05, 0.1) is 0 Å². The van der Waals surface area contributed by atoms with Crippen LogP contribution in [-0.2, 0) is 13.0 Å². The SMILES string of the molecule is CCn1cnnc1CCNCC1CCCC1. The molecule has 0 atom stereocenters. The molecule has 0 unspecified atom stereocenters. The van der Waals surface area contributed by atoms with E-state index in [9.17, 15) is 0 Å². The largest absolute Gasteiger partial charge is 0.318 e. The van der Waals surface area contributed by atoms with Crippen LogP contribution in [0.5, 0.6) is 0 Å². The first-order valence-corrected chi connectivity index (χ1v) is 6.47. The van der Waals surface area contributed by atoms with Crippen LogP contribution >= 0.6 is 0 Å². The molecule has 0 saturated heterocycles. The molecule has 4 nitrogen and oxygen atoms in total. The maximum absolute atomic E-state index is 4.13. The maximum atomic E-state index is 4.13. The van der Waals surface area contributed by atoms with E-state index in [0.717, 1.165) is 31.3 Å². The normalized spacial score (nSPS) is 17.1. The summed E-state index contributed by atoms with van der Waals surface area (Å²) in [6, 6.07) is 0. The van der Waals surface area contributed by atoms with E-state index in [-0.39, 0.29) is 0 Å². The van der Waals surface area contributed by atoms with Crippen molar-refractivity contribution in [3.05, 3.63) is 12.2 Å². The first kappa shape index (κ1) is 11.6. The third-order valence-electron chi connectivity index (χ3n) is 3.47. The Labute approximate surface area is 97.5 Å². The van der Waals surface area contributed by atoms with E-state index in [1.165, 1.54) is 32.2 Å². The lowest BCUT2D eigenvalue weighted by Crippen LogP contribution is -2.24. The van der Waals surface area contributed by atoms with Crippen molar-refractivity contribution < 1.29 is 0 Å². The highest BCUT2D eigenvalue weighted by molar-refractivity contribution is 4.86. The zero-order chi connectivity index (χ0) is 11.2. The molecule has 0 amide bonds. The summed E-state index contributed by atoms with van der Waals surface area (Å²) in [7, 11) is 0. The fourth-order valence-corrected chi connectivity index (χ4v) is 2.46. The number of rotatable bonds is 6. The van der Waals surface area contributed by atoms with Gasteiger partial charge in [-0.2, -0.15) is 0 Å². The standard InChI is InChI=1S/C12H22N4/c1-2-16-10-14-15-12(16)7-8-13-9-11-5-3-4-6-11/h10-11,13H,2-9H2,1H3. The summed E-state index contributed by atoms with van der Waals surface area (Å²) < 4.78 is 2.11. The van der Waals surface area contributed by atoms with E-state index >= 15 is 0 Å². The van der Waals surface area contributed by atoms with Crippen LogP contribution in [0.1, 0.15) is 38.4 Å². The first-order valence-electron chi connectivity index (χ1n) is 6.47. The number of aromatic nitrogens is 3. The Bertz CT molecular complexity index is 302. The van der Waals surface area contributed by atoms with E-state index in [1.807, 2.05) is 6.33 Å². The molecule has 90 valence electrons. The van der Waals surface area contributed by atoms with Crippen molar-refractivity contribution in [1.29, 1.82) is 0 Å². The summed E-state index contributed by atoms with van der Waals surface area (Å²) in [6.45, 7) is 5.29. The molecule has 1 saturated carbocycles. The Morgan fingerprint density at radius 1 is 1.44 bits per heavy atom. The molecule has 1 heterocycles. The van der Waals surface area contributed by atoms with Crippen LogP contribution in [0.15, 0.2) is 6.33 Å². The summed E-state index contributed by atoms with van der Waals surface area (Å²) in [5.41, 5.74) is 0. The van der Waals surface area contributed by atoms with Gasteiger partial charge in [-0.05, 0) is 32.2 Å². The van der Waals surface area contributed by atoms with E-state index < -0.39 is 0 Å². The molecule has 0 spiro atoms. The van der Waals surface area contributed by atoms with Gasteiger partial charge in [0, 0.05) is 19.5 Å². The topological polar surface area (TPSA) is 42.7 Å². The Hall–Kier alpha value is -0.900. The first-order chi connectivity index (χ1) is 7.90. The summed E-state index contributed by atoms with van der Waals surface area (Å²) >= 11 is 0. The number of nitrogens with zero attached hydrogens (tertiary/aromatic N) is 3. The minimum atomic E-state index is 0.920. The smallest absolute Gasteiger partial charge is 0.134 e. The lowest BCUT2D eigenvalue weighted by molar-refractivity contribution is 0.487. The van der Waals surface area contributed by atoms with Crippen molar-refractivity contribution in [2.75, 3.05) is 13.1 Å². The highest BCUT2D eigenvalue weighted by atomic mass is 15.3. The van der Waals surface area contributed by atoms with Gasteiger partial charge in [0.15, 0.2) is 0 Å². The highest BCUT2D eigenvalue weighted by Crippen LogP contribution is 2.23. The number of aryl methyl sites for hydroxylation is 1. The summed E-state index contributed by atoms with van der Waals surface area (Å²) in [5, 5.41) is 11.6. The van der Waals surface area contributed by atoms with Crippen molar-refractivity contribution in [2.45, 2.75) is 45.6 Å². The molecule has 1 aliphatic rings. The molecule has 1 aromatic rings. The molecule has 0 bridgehead atoms. The third kappa shape index (κ3) is 3.04. The second kappa shape index (κ2) is 5.99. The van der Waals surface area contributed by atoms with Gasteiger partial charge in [-0.15, -0.1) is 10.2 Å². The molecule has 0 aromatic carbocycles. The van der Waals surface area contributed by atoms with Gasteiger partial charge in [-0.25, -0.2) is 0 Å². The molecule has 0 radical (unpaired) electrons. The Balaban J connectivity index is 1.64. The van der Waals surface area contributed by atoms with E-state index in [2.05, 4.69) is 27.0 Å². The average Bonchev–Trinajstić information content (AvgIpc) is 2.95. The Kier molecular flexibility index (Phi) is 4.34. The van der Waals surface area contributed by atoms with Crippen LogP contribution in [-0.4, -0.2) is 27.9 Å². The van der Waals surface area contributed by atoms with Crippen LogP contribution < -0.4 is 5.32 Å². The van der Waals surface area contributed by atoms with Crippen molar-refractivity contribution in [1.82, 2.24) is 20.1 Å². The van der Waals surface area contributed by atoms with E-state index in [4.69, 9.17) is 0 Å². The minimum Gasteiger partial charge on any atom is -0.318 e. The second-order valence-electron chi connectivity index (χ2n) is 4.64. The van der Waals surface area contributed by atoms with Crippen molar-refractivity contribution in [3.63, 3.8) is 0 Å². The minimum absolute atomic E-state index is 0.920. The average molecular weight is 222 g/mol. The van der Waals surface area contributed by atoms with Gasteiger partial charge >= 0.3 is 0 Å². The van der Waals surface area contributed by atoms with Crippen LogP contribution in [0.25, 0.3) is 0 Å². The molecule has 2 rings (SSSR count). The van der Waals surface area contributed by atoms with Gasteiger partial charge in [0.25, 0.3) is 0 Å². The lowest BCUT2D eigenvalue weighted by atomic mass is 10.1. The third-order valence-corrected chi connectivity index (χ3v) is 3.47. The van der Waals surface area contributed by atoms with Gasteiger partial charge in [0.1, 0.15) is 12.2 Å². The monoisotopic (exact) mass is 222 g/mol. The van der Waals surface area contributed by atoms with Crippen LogP contribution in [0.3, 0.4) is 0 Å². The molecular formula is C12H22N4. The Morgan fingerprint density at radius 2 is 2.25 bits per heavy atom. The van der Waals surface area contributed by atoms with Gasteiger partial charge in [-0.1, -0.05) is 12.8 Å². The predicted molar refractivity (Wildman–Crippen MR) is 64.2 cm³/mol. The second-order valence-corrected chi connectivity index (χ2v) is 4.64. The van der Waals surface area contributed by atoms with Crippen LogP contribution in [0.2, 0.25) is 0 Å². The van der Waals surface area contributed by atoms with Crippen molar-refractivity contribution >= 4 is 0 Å². The fourth-order valence-electron chi connectivity index (χ4n) is 2.46. The Morgan fingerprint density at radius 3 is 3.00 bits per heavy atom. The molecule has 4 heteroatoms. The highest BCUT2D eigenvalue weighted by Gasteiger charge is 2.13. The zero-order valence-corrected chi connectivity index (χ0v) is 10.2. The molecule has 16 heavy (non-hydrogen) atoms. The van der Waals surface area contributed by atoms with Crippen molar-refractivity contribution in [2.24, 2.45) is 5.92 Å². The number of nitrogens with one attached hydrogen (secondary N) is 1. The zero-order valence-electron chi connectivity index (χ0n) is 10.2. The maximum Gasteiger partial charge on any atom is 0.134 e. The molecule has 1 fully saturated rings.